The minimum Gasteiger partial charge on any atom is -0.404 e. The van der Waals surface area contributed by atoms with Crippen molar-refractivity contribution in [3.63, 3.8) is 0 Å². The molecule has 0 unspecified atom stereocenters. The predicted molar refractivity (Wildman–Crippen MR) is 85.0 cm³/mol. The normalized spacial score (nSPS) is 16.2. The Hall–Kier alpha value is -1.33. The number of hydrogen-bond acceptors (Lipinski definition) is 3. The summed E-state index contributed by atoms with van der Waals surface area (Å²) in [5.74, 6) is 0. The summed E-state index contributed by atoms with van der Waals surface area (Å²) < 4.78 is 16.5. The standard InChI is InChI=1S/C16H16BClO3/c1-19-16-10-20-17(21-11-16)14-6-2-12(3-7-14)13-4-8-15(18)9-5-13/h2-9,16H,10-11H2,1H3. The molecule has 3 rings (SSSR count). The average molecular weight is 303 g/mol. The highest BCUT2D eigenvalue weighted by molar-refractivity contribution is 6.61. The van der Waals surface area contributed by atoms with Crippen molar-refractivity contribution in [1.82, 2.24) is 0 Å². The van der Waals surface area contributed by atoms with Crippen molar-refractivity contribution >= 4 is 24.2 Å². The van der Waals surface area contributed by atoms with Crippen LogP contribution in [0.5, 0.6) is 0 Å². The summed E-state index contributed by atoms with van der Waals surface area (Å²) >= 11 is 5.91. The smallest absolute Gasteiger partial charge is 0.404 e. The third-order valence-electron chi connectivity index (χ3n) is 3.56. The third-order valence-corrected chi connectivity index (χ3v) is 3.81. The van der Waals surface area contributed by atoms with Gasteiger partial charge in [0.2, 0.25) is 0 Å². The van der Waals surface area contributed by atoms with E-state index in [0.29, 0.717) is 13.2 Å². The highest BCUT2D eigenvalue weighted by atomic mass is 35.5. The molecule has 1 aliphatic heterocycles. The van der Waals surface area contributed by atoms with Gasteiger partial charge in [0, 0.05) is 12.1 Å². The van der Waals surface area contributed by atoms with Crippen molar-refractivity contribution in [2.24, 2.45) is 0 Å². The Morgan fingerprint density at radius 2 is 1.48 bits per heavy atom. The maximum atomic E-state index is 5.91. The molecule has 2 aromatic rings. The quantitative estimate of drug-likeness (QED) is 0.816. The second kappa shape index (κ2) is 6.63. The van der Waals surface area contributed by atoms with Crippen LogP contribution in [-0.2, 0) is 14.0 Å². The van der Waals surface area contributed by atoms with Gasteiger partial charge in [-0.25, -0.2) is 0 Å². The first kappa shape index (κ1) is 14.6. The largest absolute Gasteiger partial charge is 0.494 e. The van der Waals surface area contributed by atoms with Crippen molar-refractivity contribution in [2.45, 2.75) is 6.10 Å². The van der Waals surface area contributed by atoms with Crippen LogP contribution in [0.3, 0.4) is 0 Å². The van der Waals surface area contributed by atoms with Gasteiger partial charge in [0.25, 0.3) is 0 Å². The zero-order valence-corrected chi connectivity index (χ0v) is 12.5. The number of halogens is 1. The van der Waals surface area contributed by atoms with Gasteiger partial charge in [-0.05, 0) is 28.7 Å². The van der Waals surface area contributed by atoms with Gasteiger partial charge in [0.15, 0.2) is 0 Å². The van der Waals surface area contributed by atoms with Crippen LogP contribution in [0.15, 0.2) is 48.5 Å². The monoisotopic (exact) mass is 302 g/mol. The molecule has 21 heavy (non-hydrogen) atoms. The van der Waals surface area contributed by atoms with E-state index in [1.807, 2.05) is 36.4 Å². The van der Waals surface area contributed by atoms with Crippen molar-refractivity contribution in [2.75, 3.05) is 20.3 Å². The maximum absolute atomic E-state index is 5.91. The molecule has 0 N–H and O–H groups in total. The highest BCUT2D eigenvalue weighted by Gasteiger charge is 2.28. The van der Waals surface area contributed by atoms with Gasteiger partial charge >= 0.3 is 7.12 Å². The van der Waals surface area contributed by atoms with Gasteiger partial charge in [-0.1, -0.05) is 48.0 Å². The fourth-order valence-electron chi connectivity index (χ4n) is 2.29. The van der Waals surface area contributed by atoms with Crippen LogP contribution in [0, 0.1) is 0 Å². The van der Waals surface area contributed by atoms with E-state index in [0.717, 1.165) is 21.6 Å². The van der Waals surface area contributed by atoms with Gasteiger partial charge < -0.3 is 14.0 Å². The lowest BCUT2D eigenvalue weighted by atomic mass is 9.77. The Bertz CT molecular complexity index is 577. The Balaban J connectivity index is 1.71. The van der Waals surface area contributed by atoms with Crippen molar-refractivity contribution in [3.8, 4) is 11.1 Å². The summed E-state index contributed by atoms with van der Waals surface area (Å²) in [4.78, 5) is 0. The van der Waals surface area contributed by atoms with E-state index in [1.54, 1.807) is 7.11 Å². The number of benzene rings is 2. The molecule has 0 spiro atoms. The zero-order chi connectivity index (χ0) is 14.7. The van der Waals surface area contributed by atoms with E-state index in [1.165, 1.54) is 0 Å². The molecular weight excluding hydrogens is 286 g/mol. The van der Waals surface area contributed by atoms with Crippen LogP contribution >= 0.6 is 11.6 Å². The van der Waals surface area contributed by atoms with E-state index < -0.39 is 0 Å². The Morgan fingerprint density at radius 3 is 2.00 bits per heavy atom. The molecule has 0 amide bonds. The molecule has 0 aromatic heterocycles. The van der Waals surface area contributed by atoms with Crippen molar-refractivity contribution < 1.29 is 14.0 Å². The summed E-state index contributed by atoms with van der Waals surface area (Å²) in [5, 5.41) is 0.743. The third kappa shape index (κ3) is 3.47. The van der Waals surface area contributed by atoms with Gasteiger partial charge in [0.05, 0.1) is 13.2 Å². The molecule has 5 heteroatoms. The summed E-state index contributed by atoms with van der Waals surface area (Å²) in [7, 11) is 1.36. The first-order chi connectivity index (χ1) is 10.3. The SMILES string of the molecule is COC1COB(c2ccc(-c3ccc(Cl)cc3)cc2)OC1. The van der Waals surface area contributed by atoms with Gasteiger partial charge in [-0.3, -0.25) is 0 Å². The van der Waals surface area contributed by atoms with Gasteiger partial charge in [-0.15, -0.1) is 0 Å². The van der Waals surface area contributed by atoms with Crippen LogP contribution < -0.4 is 5.46 Å². The van der Waals surface area contributed by atoms with Crippen LogP contribution in [0.1, 0.15) is 0 Å². The van der Waals surface area contributed by atoms with Crippen LogP contribution in [-0.4, -0.2) is 33.5 Å². The van der Waals surface area contributed by atoms with Crippen molar-refractivity contribution in [3.05, 3.63) is 53.6 Å². The number of rotatable bonds is 3. The van der Waals surface area contributed by atoms with Crippen LogP contribution in [0.4, 0.5) is 0 Å². The second-order valence-corrected chi connectivity index (χ2v) is 5.42. The van der Waals surface area contributed by atoms with E-state index in [9.17, 15) is 0 Å². The fourth-order valence-corrected chi connectivity index (χ4v) is 2.42. The summed E-state index contributed by atoms with van der Waals surface area (Å²) in [5.41, 5.74) is 3.29. The van der Waals surface area contributed by atoms with E-state index in [2.05, 4.69) is 12.1 Å². The Labute approximate surface area is 129 Å². The molecule has 108 valence electrons. The van der Waals surface area contributed by atoms with Crippen LogP contribution in [0.2, 0.25) is 5.02 Å². The lowest BCUT2D eigenvalue weighted by molar-refractivity contribution is -0.0186. The van der Waals surface area contributed by atoms with E-state index in [-0.39, 0.29) is 13.2 Å². The molecule has 0 saturated carbocycles. The lowest BCUT2D eigenvalue weighted by Gasteiger charge is -2.26. The first-order valence-electron chi connectivity index (χ1n) is 6.88. The minimum atomic E-state index is -0.310. The topological polar surface area (TPSA) is 27.7 Å². The summed E-state index contributed by atoms with van der Waals surface area (Å²) in [6.07, 6.45) is 0.0228. The first-order valence-corrected chi connectivity index (χ1v) is 7.26. The minimum absolute atomic E-state index is 0.0228. The molecule has 1 fully saturated rings. The summed E-state index contributed by atoms with van der Waals surface area (Å²) in [6, 6.07) is 16.0. The lowest BCUT2D eigenvalue weighted by Crippen LogP contribution is -2.46. The number of methoxy groups -OCH3 is 1. The molecule has 3 nitrogen and oxygen atoms in total. The Kier molecular flexibility index (Phi) is 4.61. The molecule has 1 aliphatic rings. The van der Waals surface area contributed by atoms with E-state index >= 15 is 0 Å². The molecule has 1 saturated heterocycles. The van der Waals surface area contributed by atoms with Gasteiger partial charge in [0.1, 0.15) is 6.10 Å². The second-order valence-electron chi connectivity index (χ2n) is 4.99. The number of ether oxygens (including phenoxy) is 1. The molecule has 2 aromatic carbocycles. The van der Waals surface area contributed by atoms with E-state index in [4.69, 9.17) is 25.6 Å². The Morgan fingerprint density at radius 1 is 0.952 bits per heavy atom. The molecule has 0 bridgehead atoms. The maximum Gasteiger partial charge on any atom is 0.494 e. The molecule has 0 aliphatic carbocycles. The van der Waals surface area contributed by atoms with Crippen molar-refractivity contribution in [1.29, 1.82) is 0 Å². The fraction of sp³-hybridized carbons (Fsp3) is 0.250. The molecule has 0 radical (unpaired) electrons. The average Bonchev–Trinajstić information content (AvgIpc) is 2.56. The molecule has 0 atom stereocenters. The zero-order valence-electron chi connectivity index (χ0n) is 11.8. The van der Waals surface area contributed by atoms with Gasteiger partial charge in [-0.2, -0.15) is 0 Å². The predicted octanol–water partition coefficient (Wildman–Crippen LogP) is 2.76. The molecular formula is C16H16BClO3. The molecule has 1 heterocycles. The summed E-state index contributed by atoms with van der Waals surface area (Å²) in [6.45, 7) is 1.11. The number of hydrogen-bond donors (Lipinski definition) is 0. The van der Waals surface area contributed by atoms with Crippen LogP contribution in [0.25, 0.3) is 11.1 Å². The highest BCUT2D eigenvalue weighted by Crippen LogP contribution is 2.20.